The predicted octanol–water partition coefficient (Wildman–Crippen LogP) is 4.56. The molecule has 0 unspecified atom stereocenters. The zero-order valence-electron chi connectivity index (χ0n) is 22.5. The molecular formula is C28H36N4O4S. The molecule has 1 fully saturated rings. The molecular weight excluding hydrogens is 488 g/mol. The highest BCUT2D eigenvalue weighted by Gasteiger charge is 2.46. The van der Waals surface area contributed by atoms with Crippen molar-refractivity contribution < 1.29 is 19.2 Å². The number of nitrogens with one attached hydrogen (secondary N) is 1. The lowest BCUT2D eigenvalue weighted by Gasteiger charge is -2.35. The van der Waals surface area contributed by atoms with Crippen molar-refractivity contribution in [2.45, 2.75) is 78.5 Å². The quantitative estimate of drug-likeness (QED) is 0.489. The molecule has 0 aliphatic carbocycles. The summed E-state index contributed by atoms with van der Waals surface area (Å²) in [6.07, 6.45) is -0.592. The van der Waals surface area contributed by atoms with E-state index in [2.05, 4.69) is 15.5 Å². The molecule has 2 aromatic heterocycles. The lowest BCUT2D eigenvalue weighted by atomic mass is 9.78. The SMILES string of the molecule is Cc1cc([C@H](C(=O)N2C[C@H](O)C[C@H]2C(=O)NC(C)(C)c2ccc(-c3scnc3C)cc2)C(C)(C)C)on1. The first kappa shape index (κ1) is 27.0. The number of nitrogens with zero attached hydrogens (tertiary/aromatic N) is 3. The van der Waals surface area contributed by atoms with Gasteiger partial charge in [-0.2, -0.15) is 0 Å². The van der Waals surface area contributed by atoms with Crippen LogP contribution in [0.15, 0.2) is 40.4 Å². The van der Waals surface area contributed by atoms with E-state index in [-0.39, 0.29) is 24.8 Å². The smallest absolute Gasteiger partial charge is 0.243 e. The van der Waals surface area contributed by atoms with E-state index in [1.54, 1.807) is 24.3 Å². The maximum Gasteiger partial charge on any atom is 0.243 e. The fourth-order valence-corrected chi connectivity index (χ4v) is 5.80. The molecule has 3 aromatic rings. The molecule has 0 bridgehead atoms. The summed E-state index contributed by atoms with van der Waals surface area (Å²) in [6.45, 7) is 13.6. The number of likely N-dealkylation sites (tertiary alicyclic amines) is 1. The van der Waals surface area contributed by atoms with Crippen molar-refractivity contribution in [2.75, 3.05) is 6.54 Å². The van der Waals surface area contributed by atoms with Crippen molar-refractivity contribution in [3.63, 3.8) is 0 Å². The number of hydrogen-bond donors (Lipinski definition) is 2. The predicted molar refractivity (Wildman–Crippen MR) is 143 cm³/mol. The fourth-order valence-electron chi connectivity index (χ4n) is 4.99. The number of benzene rings is 1. The van der Waals surface area contributed by atoms with Crippen molar-refractivity contribution in [3.05, 3.63) is 58.6 Å². The third-order valence-electron chi connectivity index (χ3n) is 6.96. The highest BCUT2D eigenvalue weighted by molar-refractivity contribution is 7.13. The van der Waals surface area contributed by atoms with Crippen molar-refractivity contribution in [2.24, 2.45) is 5.41 Å². The van der Waals surface area contributed by atoms with E-state index >= 15 is 0 Å². The van der Waals surface area contributed by atoms with Gasteiger partial charge in [0.2, 0.25) is 11.8 Å². The van der Waals surface area contributed by atoms with Crippen LogP contribution in [0.2, 0.25) is 0 Å². The highest BCUT2D eigenvalue weighted by Crippen LogP contribution is 2.39. The van der Waals surface area contributed by atoms with E-state index < -0.39 is 29.0 Å². The Morgan fingerprint density at radius 3 is 2.38 bits per heavy atom. The van der Waals surface area contributed by atoms with Crippen LogP contribution in [0.4, 0.5) is 0 Å². The fraction of sp³-hybridized carbons (Fsp3) is 0.500. The Balaban J connectivity index is 1.54. The van der Waals surface area contributed by atoms with E-state index in [9.17, 15) is 14.7 Å². The van der Waals surface area contributed by atoms with Crippen LogP contribution >= 0.6 is 11.3 Å². The van der Waals surface area contributed by atoms with Gasteiger partial charge in [-0.3, -0.25) is 9.59 Å². The zero-order chi connectivity index (χ0) is 27.1. The first-order valence-electron chi connectivity index (χ1n) is 12.5. The van der Waals surface area contributed by atoms with Crippen LogP contribution in [0.1, 0.15) is 69.7 Å². The number of hydrogen-bond acceptors (Lipinski definition) is 7. The largest absolute Gasteiger partial charge is 0.391 e. The van der Waals surface area contributed by atoms with Gasteiger partial charge in [0.05, 0.1) is 33.4 Å². The van der Waals surface area contributed by atoms with Gasteiger partial charge >= 0.3 is 0 Å². The average molecular weight is 525 g/mol. The minimum Gasteiger partial charge on any atom is -0.391 e. The molecule has 198 valence electrons. The third-order valence-corrected chi connectivity index (χ3v) is 7.94. The van der Waals surface area contributed by atoms with Gasteiger partial charge in [0.25, 0.3) is 0 Å². The molecule has 0 spiro atoms. The number of aromatic nitrogens is 2. The standard InChI is InChI=1S/C28H36N4O4S/c1-16-12-22(36-31-16)23(27(3,4)5)26(35)32-14-20(33)13-21(32)25(34)30-28(6,7)19-10-8-18(9-11-19)24-17(2)29-15-37-24/h8-12,15,20-21,23,33H,13-14H2,1-7H3,(H,30,34)/t20-,21+,23-/m1/s1. The monoisotopic (exact) mass is 524 g/mol. The van der Waals surface area contributed by atoms with Gasteiger partial charge in [0.1, 0.15) is 17.7 Å². The molecule has 4 rings (SSSR count). The minimum absolute atomic E-state index is 0.0972. The van der Waals surface area contributed by atoms with Gasteiger partial charge < -0.3 is 19.8 Å². The normalized spacial score (nSPS) is 19.2. The maximum atomic E-state index is 13.8. The lowest BCUT2D eigenvalue weighted by molar-refractivity contribution is -0.142. The van der Waals surface area contributed by atoms with E-state index in [4.69, 9.17) is 4.52 Å². The summed E-state index contributed by atoms with van der Waals surface area (Å²) in [5.41, 5.74) is 4.36. The van der Waals surface area contributed by atoms with Crippen molar-refractivity contribution in [1.29, 1.82) is 0 Å². The molecule has 0 saturated carbocycles. The number of rotatable bonds is 6. The number of carbonyl (C=O) groups excluding carboxylic acids is 2. The molecule has 2 N–H and O–H groups in total. The van der Waals surface area contributed by atoms with Gasteiger partial charge in [0.15, 0.2) is 0 Å². The maximum absolute atomic E-state index is 13.8. The molecule has 1 aliphatic heterocycles. The van der Waals surface area contributed by atoms with E-state index in [0.717, 1.165) is 21.7 Å². The highest BCUT2D eigenvalue weighted by atomic mass is 32.1. The summed E-state index contributed by atoms with van der Waals surface area (Å²) in [7, 11) is 0. The van der Waals surface area contributed by atoms with Gasteiger partial charge in [0, 0.05) is 19.0 Å². The Morgan fingerprint density at radius 2 is 1.84 bits per heavy atom. The van der Waals surface area contributed by atoms with Crippen LogP contribution in [-0.2, 0) is 15.1 Å². The van der Waals surface area contributed by atoms with Crippen molar-refractivity contribution in [1.82, 2.24) is 20.4 Å². The van der Waals surface area contributed by atoms with Crippen LogP contribution in [0.25, 0.3) is 10.4 Å². The van der Waals surface area contributed by atoms with Gasteiger partial charge in [-0.25, -0.2) is 4.98 Å². The van der Waals surface area contributed by atoms with Gasteiger partial charge in [-0.05, 0) is 44.2 Å². The second kappa shape index (κ2) is 10.0. The summed E-state index contributed by atoms with van der Waals surface area (Å²) in [4.78, 5) is 34.3. The first-order valence-corrected chi connectivity index (χ1v) is 13.4. The second-order valence-electron chi connectivity index (χ2n) is 11.5. The molecule has 3 heterocycles. The van der Waals surface area contributed by atoms with Crippen LogP contribution in [0.3, 0.4) is 0 Å². The number of aliphatic hydroxyl groups excluding tert-OH is 1. The van der Waals surface area contributed by atoms with Crippen LogP contribution < -0.4 is 5.32 Å². The van der Waals surface area contributed by atoms with Crippen LogP contribution in [0, 0.1) is 19.3 Å². The number of aryl methyl sites for hydroxylation is 2. The molecule has 1 aliphatic rings. The van der Waals surface area contributed by atoms with Crippen molar-refractivity contribution >= 4 is 23.2 Å². The topological polar surface area (TPSA) is 109 Å². The molecule has 37 heavy (non-hydrogen) atoms. The Labute approximate surface area is 222 Å². The summed E-state index contributed by atoms with van der Waals surface area (Å²) in [5.74, 6) is -0.710. The number of aliphatic hydroxyl groups is 1. The zero-order valence-corrected chi connectivity index (χ0v) is 23.3. The average Bonchev–Trinajstić information content (AvgIpc) is 3.52. The van der Waals surface area contributed by atoms with Crippen molar-refractivity contribution in [3.8, 4) is 10.4 Å². The summed E-state index contributed by atoms with van der Waals surface area (Å²) in [5, 5.41) is 17.6. The summed E-state index contributed by atoms with van der Waals surface area (Å²) < 4.78 is 5.47. The summed E-state index contributed by atoms with van der Waals surface area (Å²) in [6, 6.07) is 9.05. The summed E-state index contributed by atoms with van der Waals surface area (Å²) >= 11 is 1.60. The molecule has 1 saturated heterocycles. The van der Waals surface area contributed by atoms with Gasteiger partial charge in [-0.15, -0.1) is 11.3 Å². The Morgan fingerprint density at radius 1 is 1.16 bits per heavy atom. The molecule has 2 amide bonds. The van der Waals surface area contributed by atoms with Crippen LogP contribution in [-0.4, -0.2) is 50.7 Å². The molecule has 0 radical (unpaired) electrons. The number of carbonyl (C=O) groups is 2. The van der Waals surface area contributed by atoms with Gasteiger partial charge in [-0.1, -0.05) is 50.2 Å². The van der Waals surface area contributed by atoms with E-state index in [1.165, 1.54) is 4.90 Å². The van der Waals surface area contributed by atoms with E-state index in [1.807, 2.05) is 71.3 Å². The number of amides is 2. The van der Waals surface area contributed by atoms with E-state index in [0.29, 0.717) is 11.5 Å². The second-order valence-corrected chi connectivity index (χ2v) is 12.4. The first-order chi connectivity index (χ1) is 17.3. The Bertz CT molecular complexity index is 1270. The van der Waals surface area contributed by atoms with Crippen LogP contribution in [0.5, 0.6) is 0 Å². The minimum atomic E-state index is -0.783. The Kier molecular flexibility index (Phi) is 7.32. The number of thiazole rings is 1. The lowest BCUT2D eigenvalue weighted by Crippen LogP contribution is -2.52. The Hall–Kier alpha value is -3.04. The molecule has 8 nitrogen and oxygen atoms in total. The third kappa shape index (κ3) is 5.62. The number of β-amino-alcohol motifs (C(OH)–C–C–N with tert-alkyl or cyclic N) is 1. The molecule has 3 atom stereocenters. The molecule has 9 heteroatoms. The molecule has 1 aromatic carbocycles.